The van der Waals surface area contributed by atoms with Gasteiger partial charge in [0.15, 0.2) is 5.96 Å². The summed E-state index contributed by atoms with van der Waals surface area (Å²) in [6.07, 6.45) is 2.59. The Bertz CT molecular complexity index is 783. The van der Waals surface area contributed by atoms with Gasteiger partial charge < -0.3 is 20.1 Å². The number of methoxy groups -OCH3 is 1. The van der Waals surface area contributed by atoms with Gasteiger partial charge in [-0.1, -0.05) is 24.3 Å². The summed E-state index contributed by atoms with van der Waals surface area (Å²) in [5.74, 6) is 1.59. The molecule has 2 aromatic carbocycles. The maximum Gasteiger partial charge on any atom is 0.191 e. The number of aliphatic imine (C=N–C) groups is 1. The summed E-state index contributed by atoms with van der Waals surface area (Å²) >= 11 is 0. The van der Waals surface area contributed by atoms with Crippen molar-refractivity contribution in [1.29, 1.82) is 0 Å². The van der Waals surface area contributed by atoms with Gasteiger partial charge in [0.1, 0.15) is 5.75 Å². The molecule has 6 nitrogen and oxygen atoms in total. The molecule has 0 bridgehead atoms. The third-order valence-electron chi connectivity index (χ3n) is 4.26. The number of hydrogen-bond acceptors (Lipinski definition) is 4. The fraction of sp³-hybridized carbons (Fsp3) is 0.409. The first-order valence-corrected chi connectivity index (χ1v) is 11.3. The minimum absolute atomic E-state index is 0. The molecule has 30 heavy (non-hydrogen) atoms. The molecular weight excluding hydrogens is 513 g/mol. The Labute approximate surface area is 199 Å². The number of benzene rings is 2. The molecule has 0 saturated heterocycles. The van der Waals surface area contributed by atoms with E-state index >= 15 is 0 Å². The maximum atomic E-state index is 11.5. The molecule has 0 aromatic heterocycles. The third-order valence-corrected chi connectivity index (χ3v) is 5.19. The first-order chi connectivity index (χ1) is 14.1. The topological polar surface area (TPSA) is 71.9 Å². The highest BCUT2D eigenvalue weighted by Gasteiger charge is 2.02. The fourth-order valence-corrected chi connectivity index (χ4v) is 3.11. The lowest BCUT2D eigenvalue weighted by Gasteiger charge is -2.13. The standard InChI is InChI=1S/C22H31N3O3S.HI/c1-4-28-15-5-14-23-22(24-16-18-6-10-20(27-2)11-7-18)25-17-19-8-12-21(13-9-19)29(3)26;/h6-13H,4-5,14-17H2,1-3H3,(H2,23,24,25);1H. The maximum absolute atomic E-state index is 11.5. The first-order valence-electron chi connectivity index (χ1n) is 9.77. The van der Waals surface area contributed by atoms with Gasteiger partial charge in [0.2, 0.25) is 0 Å². The Morgan fingerprint density at radius 3 is 2.30 bits per heavy atom. The molecule has 2 aromatic rings. The van der Waals surface area contributed by atoms with Crippen molar-refractivity contribution in [2.24, 2.45) is 4.99 Å². The molecule has 2 N–H and O–H groups in total. The second kappa shape index (κ2) is 15.2. The van der Waals surface area contributed by atoms with Gasteiger partial charge in [-0.2, -0.15) is 0 Å². The Hall–Kier alpha value is -1.65. The minimum Gasteiger partial charge on any atom is -0.497 e. The number of ether oxygens (including phenoxy) is 2. The van der Waals surface area contributed by atoms with E-state index in [0.29, 0.717) is 13.1 Å². The predicted octanol–water partition coefficient (Wildman–Crippen LogP) is 3.71. The average molecular weight is 545 g/mol. The summed E-state index contributed by atoms with van der Waals surface area (Å²) in [6, 6.07) is 15.7. The van der Waals surface area contributed by atoms with Crippen LogP contribution in [0.15, 0.2) is 58.4 Å². The van der Waals surface area contributed by atoms with Gasteiger partial charge in [-0.05, 0) is 48.7 Å². The van der Waals surface area contributed by atoms with Crippen molar-refractivity contribution in [2.75, 3.05) is 33.1 Å². The third kappa shape index (κ3) is 9.90. The number of guanidine groups is 1. The lowest BCUT2D eigenvalue weighted by atomic mass is 10.2. The van der Waals surface area contributed by atoms with Crippen LogP contribution in [-0.4, -0.2) is 43.3 Å². The molecule has 0 aliphatic rings. The predicted molar refractivity (Wildman–Crippen MR) is 134 cm³/mol. The van der Waals surface area contributed by atoms with Crippen LogP contribution in [0.25, 0.3) is 0 Å². The highest BCUT2D eigenvalue weighted by atomic mass is 127. The van der Waals surface area contributed by atoms with E-state index < -0.39 is 10.8 Å². The molecule has 8 heteroatoms. The normalized spacial score (nSPS) is 12.0. The van der Waals surface area contributed by atoms with Crippen LogP contribution in [0.4, 0.5) is 0 Å². The molecule has 0 heterocycles. The van der Waals surface area contributed by atoms with Crippen molar-refractivity contribution in [3.63, 3.8) is 0 Å². The Balaban J connectivity index is 0.00000450. The van der Waals surface area contributed by atoms with Crippen molar-refractivity contribution in [2.45, 2.75) is 31.3 Å². The summed E-state index contributed by atoms with van der Waals surface area (Å²) in [4.78, 5) is 5.52. The molecule has 1 atom stereocenters. The fourth-order valence-electron chi connectivity index (χ4n) is 2.59. The molecule has 0 saturated carbocycles. The second-order valence-corrected chi connectivity index (χ2v) is 7.82. The zero-order chi connectivity index (χ0) is 20.9. The summed E-state index contributed by atoms with van der Waals surface area (Å²) in [5, 5.41) is 6.72. The van der Waals surface area contributed by atoms with E-state index in [-0.39, 0.29) is 24.0 Å². The molecule has 0 amide bonds. The monoisotopic (exact) mass is 545 g/mol. The van der Waals surface area contributed by atoms with Gasteiger partial charge in [-0.3, -0.25) is 4.21 Å². The van der Waals surface area contributed by atoms with E-state index in [1.54, 1.807) is 13.4 Å². The highest BCUT2D eigenvalue weighted by molar-refractivity contribution is 14.0. The first kappa shape index (κ1) is 26.4. The molecule has 0 aliphatic heterocycles. The lowest BCUT2D eigenvalue weighted by molar-refractivity contribution is 0.145. The number of nitrogens with zero attached hydrogens (tertiary/aromatic N) is 1. The molecular formula is C22H32IN3O3S. The van der Waals surface area contributed by atoms with Crippen molar-refractivity contribution >= 4 is 40.7 Å². The minimum atomic E-state index is -0.961. The molecule has 0 aliphatic carbocycles. The Morgan fingerprint density at radius 1 is 1.03 bits per heavy atom. The van der Waals surface area contributed by atoms with Crippen molar-refractivity contribution < 1.29 is 13.7 Å². The van der Waals surface area contributed by atoms with E-state index in [4.69, 9.17) is 14.5 Å². The summed E-state index contributed by atoms with van der Waals surface area (Å²) in [6.45, 7) is 5.44. The Kier molecular flexibility index (Phi) is 13.4. The number of rotatable bonds is 11. The van der Waals surface area contributed by atoms with Crippen LogP contribution in [0.5, 0.6) is 5.75 Å². The Morgan fingerprint density at radius 2 is 1.70 bits per heavy atom. The quantitative estimate of drug-likeness (QED) is 0.195. The molecule has 1 unspecified atom stereocenters. The van der Waals surface area contributed by atoms with Crippen LogP contribution in [0.2, 0.25) is 0 Å². The van der Waals surface area contributed by atoms with Crippen LogP contribution >= 0.6 is 24.0 Å². The zero-order valence-electron chi connectivity index (χ0n) is 17.8. The van der Waals surface area contributed by atoms with Crippen LogP contribution in [0.1, 0.15) is 24.5 Å². The van der Waals surface area contributed by atoms with Gasteiger partial charge >= 0.3 is 0 Å². The van der Waals surface area contributed by atoms with Gasteiger partial charge in [0.05, 0.1) is 13.7 Å². The van der Waals surface area contributed by atoms with Gasteiger partial charge in [-0.15, -0.1) is 24.0 Å². The second-order valence-electron chi connectivity index (χ2n) is 6.44. The van der Waals surface area contributed by atoms with Crippen LogP contribution in [-0.2, 0) is 28.6 Å². The lowest BCUT2D eigenvalue weighted by Crippen LogP contribution is -2.37. The van der Waals surface area contributed by atoms with Gasteiger partial charge in [0, 0.05) is 48.3 Å². The van der Waals surface area contributed by atoms with Crippen LogP contribution in [0.3, 0.4) is 0 Å². The largest absolute Gasteiger partial charge is 0.497 e. The summed E-state index contributed by atoms with van der Waals surface area (Å²) in [5.41, 5.74) is 2.21. The smallest absolute Gasteiger partial charge is 0.191 e. The molecule has 166 valence electrons. The summed E-state index contributed by atoms with van der Waals surface area (Å²) < 4.78 is 22.1. The van der Waals surface area contributed by atoms with E-state index in [9.17, 15) is 4.21 Å². The van der Waals surface area contributed by atoms with E-state index in [2.05, 4.69) is 10.6 Å². The van der Waals surface area contributed by atoms with Gasteiger partial charge in [-0.25, -0.2) is 4.99 Å². The van der Waals surface area contributed by atoms with Crippen LogP contribution in [0, 0.1) is 0 Å². The van der Waals surface area contributed by atoms with Crippen molar-refractivity contribution in [3.05, 3.63) is 59.7 Å². The van der Waals surface area contributed by atoms with Crippen molar-refractivity contribution in [1.82, 2.24) is 10.6 Å². The highest BCUT2D eigenvalue weighted by Crippen LogP contribution is 2.12. The van der Waals surface area contributed by atoms with Crippen LogP contribution < -0.4 is 15.4 Å². The van der Waals surface area contributed by atoms with Crippen molar-refractivity contribution in [3.8, 4) is 5.75 Å². The van der Waals surface area contributed by atoms with E-state index in [0.717, 1.165) is 53.9 Å². The molecule has 0 spiro atoms. The van der Waals surface area contributed by atoms with Gasteiger partial charge in [0.25, 0.3) is 0 Å². The number of hydrogen-bond donors (Lipinski definition) is 2. The average Bonchev–Trinajstić information content (AvgIpc) is 2.75. The van der Waals surface area contributed by atoms with E-state index in [1.807, 2.05) is 55.5 Å². The number of halogens is 1. The molecule has 0 radical (unpaired) electrons. The zero-order valence-corrected chi connectivity index (χ0v) is 21.0. The molecule has 0 fully saturated rings. The summed E-state index contributed by atoms with van der Waals surface area (Å²) in [7, 11) is 0.697. The van der Waals surface area contributed by atoms with E-state index in [1.165, 1.54) is 0 Å². The SMILES string of the molecule is CCOCCCNC(=NCc1ccc(OC)cc1)NCc1ccc(S(C)=O)cc1.I. The number of nitrogens with one attached hydrogen (secondary N) is 2. The molecule has 2 rings (SSSR count).